The fraction of sp³-hybridized carbons (Fsp3) is 0.917. The van der Waals surface area contributed by atoms with Gasteiger partial charge < -0.3 is 15.4 Å². The molecule has 1 rings (SSSR count). The molecule has 16 heavy (non-hydrogen) atoms. The van der Waals surface area contributed by atoms with Crippen molar-refractivity contribution in [1.29, 1.82) is 0 Å². The summed E-state index contributed by atoms with van der Waals surface area (Å²) in [5, 5.41) is 0. The number of hydrogen-bond acceptors (Lipinski definition) is 3. The molecule has 0 aromatic carbocycles. The molecule has 0 saturated carbocycles. The summed E-state index contributed by atoms with van der Waals surface area (Å²) < 4.78 is 5.39. The highest BCUT2D eigenvalue weighted by Crippen LogP contribution is 2.14. The second-order valence-corrected chi connectivity index (χ2v) is 4.60. The van der Waals surface area contributed by atoms with Crippen molar-refractivity contribution in [2.75, 3.05) is 26.3 Å². The highest BCUT2D eigenvalue weighted by molar-refractivity contribution is 5.76. The molecule has 1 saturated heterocycles. The third-order valence-corrected chi connectivity index (χ3v) is 3.27. The van der Waals surface area contributed by atoms with Crippen LogP contribution in [0.3, 0.4) is 0 Å². The Morgan fingerprint density at radius 2 is 2.38 bits per heavy atom. The Kier molecular flexibility index (Phi) is 5.77. The van der Waals surface area contributed by atoms with Crippen LogP contribution in [0.5, 0.6) is 0 Å². The lowest BCUT2D eigenvalue weighted by molar-refractivity contribution is -0.140. The Labute approximate surface area is 98.1 Å². The van der Waals surface area contributed by atoms with Gasteiger partial charge in [0.25, 0.3) is 0 Å². The van der Waals surface area contributed by atoms with E-state index in [4.69, 9.17) is 10.5 Å². The van der Waals surface area contributed by atoms with Crippen molar-refractivity contribution in [2.45, 2.75) is 39.2 Å². The molecule has 2 unspecified atom stereocenters. The molecule has 0 spiro atoms. The third kappa shape index (κ3) is 3.76. The van der Waals surface area contributed by atoms with Crippen LogP contribution in [0.15, 0.2) is 0 Å². The Hall–Kier alpha value is -0.610. The number of carbonyl (C=O) groups is 1. The molecule has 0 aromatic heterocycles. The van der Waals surface area contributed by atoms with Crippen molar-refractivity contribution >= 4 is 5.91 Å². The van der Waals surface area contributed by atoms with Crippen LogP contribution in [-0.2, 0) is 9.53 Å². The van der Waals surface area contributed by atoms with E-state index in [0.717, 1.165) is 19.4 Å². The maximum atomic E-state index is 12.0. The lowest BCUT2D eigenvalue weighted by Gasteiger charge is -2.35. The molecule has 2 N–H and O–H groups in total. The van der Waals surface area contributed by atoms with E-state index < -0.39 is 0 Å². The summed E-state index contributed by atoms with van der Waals surface area (Å²) in [4.78, 5) is 14.0. The average molecular weight is 228 g/mol. The van der Waals surface area contributed by atoms with Gasteiger partial charge in [-0.25, -0.2) is 0 Å². The first-order chi connectivity index (χ1) is 7.69. The summed E-state index contributed by atoms with van der Waals surface area (Å²) in [6.45, 7) is 6.96. The van der Waals surface area contributed by atoms with Crippen LogP contribution in [0.2, 0.25) is 0 Å². The van der Waals surface area contributed by atoms with E-state index in [9.17, 15) is 4.79 Å². The Balaban J connectivity index is 2.38. The number of nitrogens with two attached hydrogens (primary N) is 1. The molecule has 1 aliphatic rings. The fourth-order valence-corrected chi connectivity index (χ4v) is 1.95. The van der Waals surface area contributed by atoms with E-state index in [1.54, 1.807) is 0 Å². The van der Waals surface area contributed by atoms with E-state index in [0.29, 0.717) is 32.1 Å². The highest BCUT2D eigenvalue weighted by atomic mass is 16.5. The lowest BCUT2D eigenvalue weighted by Crippen LogP contribution is -2.48. The normalized spacial score (nSPS) is 23.2. The maximum absolute atomic E-state index is 12.0. The van der Waals surface area contributed by atoms with Crippen LogP contribution < -0.4 is 5.73 Å². The number of rotatable bonds is 5. The van der Waals surface area contributed by atoms with Gasteiger partial charge in [-0.3, -0.25) is 4.79 Å². The van der Waals surface area contributed by atoms with Crippen LogP contribution in [0.25, 0.3) is 0 Å². The smallest absolute Gasteiger partial charge is 0.222 e. The van der Waals surface area contributed by atoms with E-state index in [2.05, 4.69) is 13.8 Å². The van der Waals surface area contributed by atoms with Gasteiger partial charge in [-0.1, -0.05) is 13.8 Å². The molecule has 94 valence electrons. The molecule has 1 heterocycles. The molecule has 4 heteroatoms. The first-order valence-corrected chi connectivity index (χ1v) is 6.26. The number of nitrogens with zero attached hydrogens (tertiary/aromatic N) is 1. The zero-order valence-electron chi connectivity index (χ0n) is 10.4. The van der Waals surface area contributed by atoms with Gasteiger partial charge in [0.15, 0.2) is 0 Å². The molecule has 0 bridgehead atoms. The second kappa shape index (κ2) is 6.86. The van der Waals surface area contributed by atoms with Crippen LogP contribution in [0.1, 0.15) is 33.1 Å². The summed E-state index contributed by atoms with van der Waals surface area (Å²) in [5.41, 5.74) is 5.55. The molecule has 1 amide bonds. The fourth-order valence-electron chi connectivity index (χ4n) is 1.95. The van der Waals surface area contributed by atoms with Gasteiger partial charge in [0, 0.05) is 13.0 Å². The first-order valence-electron chi connectivity index (χ1n) is 6.26. The summed E-state index contributed by atoms with van der Waals surface area (Å²) >= 11 is 0. The van der Waals surface area contributed by atoms with E-state index in [1.165, 1.54) is 0 Å². The van der Waals surface area contributed by atoms with E-state index >= 15 is 0 Å². The van der Waals surface area contributed by atoms with Crippen molar-refractivity contribution in [3.63, 3.8) is 0 Å². The molecular formula is C12H24N2O2. The number of amides is 1. The molecule has 0 radical (unpaired) electrons. The predicted octanol–water partition coefficient (Wildman–Crippen LogP) is 0.999. The molecule has 0 aromatic rings. The van der Waals surface area contributed by atoms with Crippen molar-refractivity contribution in [2.24, 2.45) is 11.7 Å². The van der Waals surface area contributed by atoms with Crippen LogP contribution in [-0.4, -0.2) is 43.2 Å². The molecular weight excluding hydrogens is 204 g/mol. The van der Waals surface area contributed by atoms with Gasteiger partial charge in [-0.15, -0.1) is 0 Å². The molecule has 4 nitrogen and oxygen atoms in total. The number of hydrogen-bond donors (Lipinski definition) is 1. The van der Waals surface area contributed by atoms with Gasteiger partial charge in [-0.2, -0.15) is 0 Å². The molecule has 1 aliphatic heterocycles. The SMILES string of the molecule is CCC1COCCN1C(=O)CCC(C)CN. The third-order valence-electron chi connectivity index (χ3n) is 3.27. The molecule has 1 fully saturated rings. The van der Waals surface area contributed by atoms with Crippen LogP contribution in [0.4, 0.5) is 0 Å². The number of morpholine rings is 1. The van der Waals surface area contributed by atoms with E-state index in [1.807, 2.05) is 4.90 Å². The summed E-state index contributed by atoms with van der Waals surface area (Å²) in [6.07, 6.45) is 2.48. The summed E-state index contributed by atoms with van der Waals surface area (Å²) in [6, 6.07) is 0.273. The Morgan fingerprint density at radius 1 is 1.62 bits per heavy atom. The number of ether oxygens (including phenoxy) is 1. The molecule has 0 aliphatic carbocycles. The van der Waals surface area contributed by atoms with Crippen LogP contribution >= 0.6 is 0 Å². The first kappa shape index (κ1) is 13.5. The van der Waals surface area contributed by atoms with Crippen molar-refractivity contribution < 1.29 is 9.53 Å². The minimum Gasteiger partial charge on any atom is -0.377 e. The zero-order chi connectivity index (χ0) is 12.0. The standard InChI is InChI=1S/C12H24N2O2/c1-3-11-9-16-7-6-14(11)12(15)5-4-10(2)8-13/h10-11H,3-9,13H2,1-2H3. The zero-order valence-corrected chi connectivity index (χ0v) is 10.4. The quantitative estimate of drug-likeness (QED) is 0.763. The summed E-state index contributed by atoms with van der Waals surface area (Å²) in [7, 11) is 0. The summed E-state index contributed by atoms with van der Waals surface area (Å²) in [5.74, 6) is 0.695. The van der Waals surface area contributed by atoms with Gasteiger partial charge in [-0.05, 0) is 25.3 Å². The van der Waals surface area contributed by atoms with Gasteiger partial charge in [0.05, 0.1) is 19.3 Å². The Bertz CT molecular complexity index is 221. The van der Waals surface area contributed by atoms with Crippen molar-refractivity contribution in [1.82, 2.24) is 4.90 Å². The van der Waals surface area contributed by atoms with E-state index in [-0.39, 0.29) is 11.9 Å². The largest absolute Gasteiger partial charge is 0.377 e. The van der Waals surface area contributed by atoms with Crippen LogP contribution in [0, 0.1) is 5.92 Å². The lowest BCUT2D eigenvalue weighted by atomic mass is 10.0. The highest BCUT2D eigenvalue weighted by Gasteiger charge is 2.25. The maximum Gasteiger partial charge on any atom is 0.222 e. The number of carbonyl (C=O) groups excluding carboxylic acids is 1. The minimum atomic E-state index is 0.260. The second-order valence-electron chi connectivity index (χ2n) is 4.60. The monoisotopic (exact) mass is 228 g/mol. The molecule has 2 atom stereocenters. The average Bonchev–Trinajstić information content (AvgIpc) is 2.35. The Morgan fingerprint density at radius 3 is 3.00 bits per heavy atom. The van der Waals surface area contributed by atoms with Crippen molar-refractivity contribution in [3.8, 4) is 0 Å². The topological polar surface area (TPSA) is 55.6 Å². The van der Waals surface area contributed by atoms with Gasteiger partial charge >= 0.3 is 0 Å². The van der Waals surface area contributed by atoms with Gasteiger partial charge in [0.1, 0.15) is 0 Å². The van der Waals surface area contributed by atoms with Crippen molar-refractivity contribution in [3.05, 3.63) is 0 Å². The predicted molar refractivity (Wildman–Crippen MR) is 64.1 cm³/mol. The van der Waals surface area contributed by atoms with Gasteiger partial charge in [0.2, 0.25) is 5.91 Å². The minimum absolute atomic E-state index is 0.260.